The second-order valence-corrected chi connectivity index (χ2v) is 9.52. The highest BCUT2D eigenvalue weighted by atomic mass is 16.7. The second-order valence-electron chi connectivity index (χ2n) is 9.52. The Balaban J connectivity index is 1.23. The van der Waals surface area contributed by atoms with Crippen LogP contribution in [-0.2, 0) is 16.1 Å². The molecule has 0 radical (unpaired) electrons. The third-order valence-corrected chi connectivity index (χ3v) is 7.81. The summed E-state index contributed by atoms with van der Waals surface area (Å²) in [6.45, 7) is 2.94. The minimum atomic E-state index is -0.243. The molecule has 7 rings (SSSR count). The van der Waals surface area contributed by atoms with E-state index >= 15 is 0 Å². The third kappa shape index (κ3) is 2.67. The summed E-state index contributed by atoms with van der Waals surface area (Å²) in [7, 11) is 0. The number of imide groups is 1. The molecule has 2 aromatic carbocycles. The van der Waals surface area contributed by atoms with Gasteiger partial charge in [0.05, 0.1) is 18.1 Å². The molecule has 0 spiro atoms. The molecule has 1 aromatic heterocycles. The van der Waals surface area contributed by atoms with E-state index in [-0.39, 0.29) is 42.3 Å². The summed E-state index contributed by atoms with van der Waals surface area (Å²) in [5.41, 5.74) is 4.09. The Labute approximate surface area is 196 Å². The van der Waals surface area contributed by atoms with Crippen molar-refractivity contribution in [2.75, 3.05) is 6.79 Å². The largest absolute Gasteiger partial charge is 0.454 e. The van der Waals surface area contributed by atoms with Crippen LogP contribution in [0.4, 0.5) is 0 Å². The van der Waals surface area contributed by atoms with Crippen LogP contribution in [0.25, 0.3) is 10.9 Å². The van der Waals surface area contributed by atoms with Gasteiger partial charge in [-0.25, -0.2) is 0 Å². The van der Waals surface area contributed by atoms with Gasteiger partial charge >= 0.3 is 0 Å². The molecular weight excluding hydrogens is 430 g/mol. The first-order valence-electron chi connectivity index (χ1n) is 11.7. The summed E-state index contributed by atoms with van der Waals surface area (Å²) < 4.78 is 13.2. The molecule has 34 heavy (non-hydrogen) atoms. The lowest BCUT2D eigenvalue weighted by Crippen LogP contribution is -2.28. The standard InChI is InChI=1S/C27H23N3O4/c1-15-20(12-28-30-26(31)24-17-7-8-18(11-17)25(24)27(30)32)19-4-2-3-5-21(19)29(15)13-16-6-9-22-23(10-16)34-14-33-22/h2-10,12,17-18,24-25H,11,13-14H2,1H3. The van der Waals surface area contributed by atoms with Crippen LogP contribution in [0.5, 0.6) is 11.5 Å². The van der Waals surface area contributed by atoms with Crippen molar-refractivity contribution in [2.45, 2.75) is 19.9 Å². The Bertz CT molecular complexity index is 1410. The van der Waals surface area contributed by atoms with Crippen molar-refractivity contribution in [3.63, 3.8) is 0 Å². The zero-order valence-electron chi connectivity index (χ0n) is 18.7. The van der Waals surface area contributed by atoms with Gasteiger partial charge in [0, 0.05) is 28.7 Å². The number of hydrogen-bond donors (Lipinski definition) is 0. The molecule has 2 amide bonds. The average Bonchev–Trinajstić information content (AvgIpc) is 3.65. The van der Waals surface area contributed by atoms with Crippen LogP contribution >= 0.6 is 0 Å². The molecule has 7 heteroatoms. The van der Waals surface area contributed by atoms with Crippen LogP contribution in [0.1, 0.15) is 23.2 Å². The predicted octanol–water partition coefficient (Wildman–Crippen LogP) is 3.87. The van der Waals surface area contributed by atoms with E-state index in [1.54, 1.807) is 6.21 Å². The van der Waals surface area contributed by atoms with Crippen molar-refractivity contribution >= 4 is 28.9 Å². The zero-order valence-corrected chi connectivity index (χ0v) is 18.7. The Morgan fingerprint density at radius 1 is 1.00 bits per heavy atom. The number of aromatic nitrogens is 1. The molecule has 1 saturated heterocycles. The molecule has 2 aliphatic heterocycles. The molecule has 4 unspecified atom stereocenters. The van der Waals surface area contributed by atoms with Crippen LogP contribution in [-0.4, -0.2) is 34.4 Å². The van der Waals surface area contributed by atoms with E-state index in [4.69, 9.17) is 9.47 Å². The van der Waals surface area contributed by atoms with E-state index in [1.165, 1.54) is 0 Å². The van der Waals surface area contributed by atoms with Crippen LogP contribution < -0.4 is 9.47 Å². The highest BCUT2D eigenvalue weighted by Gasteiger charge is 2.59. The number of fused-ring (bicyclic) bond motifs is 7. The molecule has 2 bridgehead atoms. The predicted molar refractivity (Wildman–Crippen MR) is 126 cm³/mol. The number of carbonyl (C=O) groups excluding carboxylic acids is 2. The van der Waals surface area contributed by atoms with E-state index in [9.17, 15) is 9.59 Å². The summed E-state index contributed by atoms with van der Waals surface area (Å²) in [6, 6.07) is 14.1. The highest BCUT2D eigenvalue weighted by Crippen LogP contribution is 2.52. The normalized spacial score (nSPS) is 26.6. The molecule has 170 valence electrons. The number of hydrazone groups is 1. The molecule has 2 fully saturated rings. The van der Waals surface area contributed by atoms with Crippen LogP contribution in [0.15, 0.2) is 59.7 Å². The van der Waals surface area contributed by atoms with Gasteiger partial charge < -0.3 is 14.0 Å². The van der Waals surface area contributed by atoms with Gasteiger partial charge in [-0.3, -0.25) is 9.59 Å². The quantitative estimate of drug-likeness (QED) is 0.342. The van der Waals surface area contributed by atoms with Gasteiger partial charge in [-0.2, -0.15) is 10.1 Å². The number of carbonyl (C=O) groups is 2. The first-order valence-corrected chi connectivity index (χ1v) is 11.7. The van der Waals surface area contributed by atoms with Crippen molar-refractivity contribution in [3.05, 3.63) is 71.4 Å². The fourth-order valence-corrected chi connectivity index (χ4v) is 6.16. The average molecular weight is 453 g/mol. The maximum Gasteiger partial charge on any atom is 0.254 e. The van der Waals surface area contributed by atoms with Crippen molar-refractivity contribution in [3.8, 4) is 11.5 Å². The van der Waals surface area contributed by atoms with Gasteiger partial charge in [0.1, 0.15) is 0 Å². The van der Waals surface area contributed by atoms with Gasteiger partial charge in [0.15, 0.2) is 11.5 Å². The summed E-state index contributed by atoms with van der Waals surface area (Å²) in [4.78, 5) is 26.1. The molecule has 0 N–H and O–H groups in total. The fraction of sp³-hybridized carbons (Fsp3) is 0.296. The van der Waals surface area contributed by atoms with Gasteiger partial charge in [0.25, 0.3) is 11.8 Å². The molecule has 3 heterocycles. The third-order valence-electron chi connectivity index (χ3n) is 7.81. The summed E-state index contributed by atoms with van der Waals surface area (Å²) in [5, 5.41) is 6.59. The maximum atomic E-state index is 13.0. The molecule has 7 nitrogen and oxygen atoms in total. The van der Waals surface area contributed by atoms with Crippen molar-refractivity contribution in [1.82, 2.24) is 9.58 Å². The molecule has 4 aliphatic rings. The lowest BCUT2D eigenvalue weighted by Gasteiger charge is -2.13. The lowest BCUT2D eigenvalue weighted by atomic mass is 9.85. The topological polar surface area (TPSA) is 73.1 Å². The molecule has 4 atom stereocenters. The second kappa shape index (κ2) is 7.06. The zero-order chi connectivity index (χ0) is 23.0. The first kappa shape index (κ1) is 19.6. The van der Waals surface area contributed by atoms with E-state index in [0.29, 0.717) is 6.54 Å². The summed E-state index contributed by atoms with van der Waals surface area (Å²) >= 11 is 0. The van der Waals surface area contributed by atoms with Crippen molar-refractivity contribution in [2.24, 2.45) is 28.8 Å². The molecule has 3 aromatic rings. The fourth-order valence-electron chi connectivity index (χ4n) is 6.16. The summed E-state index contributed by atoms with van der Waals surface area (Å²) in [5.74, 6) is 1.07. The Morgan fingerprint density at radius 2 is 1.74 bits per heavy atom. The number of nitrogens with zero attached hydrogens (tertiary/aromatic N) is 3. The van der Waals surface area contributed by atoms with Crippen LogP contribution in [0.3, 0.4) is 0 Å². The number of rotatable bonds is 4. The monoisotopic (exact) mass is 453 g/mol. The number of amides is 2. The number of allylic oxidation sites excluding steroid dienone is 2. The first-order chi connectivity index (χ1) is 16.6. The van der Waals surface area contributed by atoms with Crippen molar-refractivity contribution < 1.29 is 19.1 Å². The highest BCUT2D eigenvalue weighted by molar-refractivity contribution is 6.08. The molecule has 2 aliphatic carbocycles. The molecule has 1 saturated carbocycles. The van der Waals surface area contributed by atoms with Gasteiger partial charge in [-0.05, 0) is 48.9 Å². The Hall–Kier alpha value is -3.87. The minimum Gasteiger partial charge on any atom is -0.454 e. The minimum absolute atomic E-state index is 0.162. The van der Waals surface area contributed by atoms with Gasteiger partial charge in [-0.1, -0.05) is 36.4 Å². The van der Waals surface area contributed by atoms with E-state index in [1.807, 2.05) is 43.3 Å². The van der Waals surface area contributed by atoms with E-state index in [0.717, 1.165) is 50.7 Å². The lowest BCUT2D eigenvalue weighted by molar-refractivity contribution is -0.140. The number of para-hydroxylation sites is 1. The Kier molecular flexibility index (Phi) is 4.07. The van der Waals surface area contributed by atoms with E-state index < -0.39 is 0 Å². The summed E-state index contributed by atoms with van der Waals surface area (Å²) in [6.07, 6.45) is 6.78. The smallest absolute Gasteiger partial charge is 0.254 e. The number of ether oxygens (including phenoxy) is 2. The maximum absolute atomic E-state index is 13.0. The van der Waals surface area contributed by atoms with E-state index in [2.05, 4.69) is 27.9 Å². The van der Waals surface area contributed by atoms with Crippen LogP contribution in [0.2, 0.25) is 0 Å². The van der Waals surface area contributed by atoms with Gasteiger partial charge in [-0.15, -0.1) is 0 Å². The SMILES string of the molecule is Cc1c(C=NN2C(=O)C3C4C=CC(C4)C3C2=O)c2ccccc2n1Cc1ccc2c(c1)OCO2. The van der Waals surface area contributed by atoms with Crippen LogP contribution in [0, 0.1) is 30.6 Å². The Morgan fingerprint density at radius 3 is 2.53 bits per heavy atom. The molecular formula is C27H23N3O4. The number of benzene rings is 2. The van der Waals surface area contributed by atoms with Crippen molar-refractivity contribution in [1.29, 1.82) is 0 Å². The number of hydrogen-bond acceptors (Lipinski definition) is 5. The van der Waals surface area contributed by atoms with Gasteiger partial charge in [0.2, 0.25) is 6.79 Å².